The molecule has 0 saturated carbocycles. The Bertz CT molecular complexity index is 504. The molecule has 0 radical (unpaired) electrons. The van der Waals surface area contributed by atoms with Crippen molar-refractivity contribution in [2.75, 3.05) is 85.0 Å². The molecule has 0 aliphatic heterocycles. The van der Waals surface area contributed by atoms with E-state index >= 15 is 0 Å². The van der Waals surface area contributed by atoms with E-state index in [0.29, 0.717) is 52.7 Å². The maximum Gasteiger partial charge on any atom is 0.252 e. The van der Waals surface area contributed by atoms with Gasteiger partial charge in [-0.3, -0.25) is 14.9 Å². The summed E-state index contributed by atoms with van der Waals surface area (Å²) in [5, 5.41) is 5.43. The number of carbonyl (C=O) groups excluding carboxylic acids is 2. The standard InChI is InChI=1S/C23H41ClN2O7/c1-2-3-8-22(27)26-23(28)21-33-20-19-32-18-17-31-14-11-25-10-13-30-16-15-29-12-7-5-4-6-9-24/h1,25H,3-21H2,(H,26,27,28). The van der Waals surface area contributed by atoms with Crippen molar-refractivity contribution in [1.29, 1.82) is 0 Å². The van der Waals surface area contributed by atoms with Crippen LogP contribution in [0.5, 0.6) is 0 Å². The monoisotopic (exact) mass is 492 g/mol. The van der Waals surface area contributed by atoms with Gasteiger partial charge in [-0.15, -0.1) is 23.9 Å². The van der Waals surface area contributed by atoms with E-state index in [2.05, 4.69) is 16.6 Å². The smallest absolute Gasteiger partial charge is 0.252 e. The van der Waals surface area contributed by atoms with Crippen LogP contribution in [0.1, 0.15) is 38.5 Å². The van der Waals surface area contributed by atoms with Crippen LogP contribution in [0, 0.1) is 12.3 Å². The molecule has 0 spiro atoms. The van der Waals surface area contributed by atoms with Crippen LogP contribution in [0.3, 0.4) is 0 Å². The number of alkyl halides is 1. The summed E-state index contributed by atoms with van der Waals surface area (Å²) in [4.78, 5) is 22.7. The number of carbonyl (C=O) groups is 2. The van der Waals surface area contributed by atoms with Crippen LogP contribution in [-0.2, 0) is 33.3 Å². The molecular weight excluding hydrogens is 452 g/mol. The fraction of sp³-hybridized carbons (Fsp3) is 0.826. The molecule has 0 heterocycles. The number of ether oxygens (including phenoxy) is 5. The van der Waals surface area contributed by atoms with Gasteiger partial charge in [-0.2, -0.15) is 0 Å². The van der Waals surface area contributed by atoms with Gasteiger partial charge in [0.2, 0.25) is 5.91 Å². The maximum atomic E-state index is 11.4. The van der Waals surface area contributed by atoms with Gasteiger partial charge >= 0.3 is 0 Å². The number of unbranched alkanes of at least 4 members (excludes halogenated alkanes) is 3. The molecule has 0 unspecified atom stereocenters. The van der Waals surface area contributed by atoms with Crippen molar-refractivity contribution in [2.24, 2.45) is 0 Å². The molecule has 2 amide bonds. The van der Waals surface area contributed by atoms with Gasteiger partial charge in [0, 0.05) is 38.4 Å². The molecule has 0 saturated heterocycles. The minimum absolute atomic E-state index is 0.126. The summed E-state index contributed by atoms with van der Waals surface area (Å²) >= 11 is 5.63. The molecule has 0 aliphatic rings. The molecular formula is C23H41ClN2O7. The number of rotatable bonds is 25. The molecule has 0 atom stereocenters. The summed E-state index contributed by atoms with van der Waals surface area (Å²) in [6, 6.07) is 0. The highest BCUT2D eigenvalue weighted by Gasteiger charge is 2.06. The van der Waals surface area contributed by atoms with Gasteiger partial charge in [0.15, 0.2) is 0 Å². The SMILES string of the molecule is C#CCCC(=O)NC(=O)COCCOCCOCCNCCOCCOCCCCCCCl. The number of hydrogen-bond donors (Lipinski definition) is 2. The molecule has 0 aromatic rings. The quantitative estimate of drug-likeness (QED) is 0.112. The lowest BCUT2D eigenvalue weighted by Gasteiger charge is -2.08. The fourth-order valence-corrected chi connectivity index (χ4v) is 2.62. The Kier molecular flexibility index (Phi) is 26.0. The second-order valence-electron chi connectivity index (χ2n) is 7.03. The highest BCUT2D eigenvalue weighted by atomic mass is 35.5. The number of terminal acetylenes is 1. The van der Waals surface area contributed by atoms with Crippen molar-refractivity contribution in [3.8, 4) is 12.3 Å². The van der Waals surface area contributed by atoms with Crippen molar-refractivity contribution in [1.82, 2.24) is 10.6 Å². The average molecular weight is 493 g/mol. The van der Waals surface area contributed by atoms with Crippen LogP contribution >= 0.6 is 11.6 Å². The van der Waals surface area contributed by atoms with E-state index in [-0.39, 0.29) is 19.6 Å². The van der Waals surface area contributed by atoms with E-state index in [1.54, 1.807) is 0 Å². The molecule has 2 N–H and O–H groups in total. The molecule has 0 bridgehead atoms. The van der Waals surface area contributed by atoms with Gasteiger partial charge < -0.3 is 29.0 Å². The Morgan fingerprint density at radius 3 is 1.85 bits per heavy atom. The fourth-order valence-electron chi connectivity index (χ4n) is 2.43. The Balaban J connectivity index is 3.15. The second kappa shape index (κ2) is 27.0. The van der Waals surface area contributed by atoms with Gasteiger partial charge in [-0.25, -0.2) is 0 Å². The zero-order valence-corrected chi connectivity index (χ0v) is 20.5. The maximum absolute atomic E-state index is 11.4. The van der Waals surface area contributed by atoms with Crippen LogP contribution < -0.4 is 10.6 Å². The van der Waals surface area contributed by atoms with Crippen LogP contribution in [-0.4, -0.2) is 96.9 Å². The average Bonchev–Trinajstić information content (AvgIpc) is 2.81. The summed E-state index contributed by atoms with van der Waals surface area (Å²) in [6.45, 7) is 6.06. The number of hydrogen-bond acceptors (Lipinski definition) is 8. The van der Waals surface area contributed by atoms with Crippen LogP contribution in [0.4, 0.5) is 0 Å². The molecule has 0 rings (SSSR count). The van der Waals surface area contributed by atoms with Gasteiger partial charge in [0.05, 0.1) is 52.9 Å². The van der Waals surface area contributed by atoms with Gasteiger partial charge in [0.25, 0.3) is 5.91 Å². The largest absolute Gasteiger partial charge is 0.379 e. The predicted octanol–water partition coefficient (Wildman–Crippen LogP) is 1.51. The van der Waals surface area contributed by atoms with Crippen LogP contribution in [0.2, 0.25) is 0 Å². The Labute approximate surface area is 203 Å². The third-order valence-electron chi connectivity index (χ3n) is 4.14. The van der Waals surface area contributed by atoms with Crippen LogP contribution in [0.15, 0.2) is 0 Å². The minimum Gasteiger partial charge on any atom is -0.379 e. The number of halogens is 1. The van der Waals surface area contributed by atoms with Crippen LogP contribution in [0.25, 0.3) is 0 Å². The summed E-state index contributed by atoms with van der Waals surface area (Å²) in [5.41, 5.74) is 0. The molecule has 192 valence electrons. The molecule has 33 heavy (non-hydrogen) atoms. The highest BCUT2D eigenvalue weighted by Crippen LogP contribution is 2.01. The van der Waals surface area contributed by atoms with Gasteiger partial charge in [-0.05, 0) is 12.8 Å². The van der Waals surface area contributed by atoms with E-state index in [1.807, 2.05) is 0 Å². The summed E-state index contributed by atoms with van der Waals surface area (Å²) in [6.07, 6.45) is 9.97. The molecule has 0 fully saturated rings. The van der Waals surface area contributed by atoms with Crippen molar-refractivity contribution in [3.63, 3.8) is 0 Å². The van der Waals surface area contributed by atoms with E-state index < -0.39 is 11.8 Å². The van der Waals surface area contributed by atoms with E-state index in [0.717, 1.165) is 38.4 Å². The minimum atomic E-state index is -0.490. The molecule has 0 aromatic carbocycles. The van der Waals surface area contributed by atoms with Crippen molar-refractivity contribution < 1.29 is 33.3 Å². The first kappa shape index (κ1) is 31.8. The normalized spacial score (nSPS) is 10.8. The first-order valence-corrected chi connectivity index (χ1v) is 12.2. The van der Waals surface area contributed by atoms with Gasteiger partial charge in [-0.1, -0.05) is 12.8 Å². The molecule has 10 heteroatoms. The van der Waals surface area contributed by atoms with E-state index in [9.17, 15) is 9.59 Å². The first-order valence-electron chi connectivity index (χ1n) is 11.6. The van der Waals surface area contributed by atoms with E-state index in [4.69, 9.17) is 41.7 Å². The Morgan fingerprint density at radius 1 is 0.697 bits per heavy atom. The highest BCUT2D eigenvalue weighted by molar-refractivity contribution is 6.17. The zero-order chi connectivity index (χ0) is 24.2. The van der Waals surface area contributed by atoms with Crippen molar-refractivity contribution in [3.05, 3.63) is 0 Å². The number of imide groups is 1. The lowest BCUT2D eigenvalue weighted by atomic mass is 10.2. The number of amides is 2. The van der Waals surface area contributed by atoms with Crippen molar-refractivity contribution in [2.45, 2.75) is 38.5 Å². The summed E-state index contributed by atoms with van der Waals surface area (Å²) in [5.74, 6) is 2.19. The molecule has 0 aromatic heterocycles. The third kappa shape index (κ3) is 26.9. The summed E-state index contributed by atoms with van der Waals surface area (Å²) < 4.78 is 26.9. The third-order valence-corrected chi connectivity index (χ3v) is 4.41. The van der Waals surface area contributed by atoms with Crippen molar-refractivity contribution >= 4 is 23.4 Å². The topological polar surface area (TPSA) is 104 Å². The molecule has 9 nitrogen and oxygen atoms in total. The number of nitrogens with one attached hydrogen (secondary N) is 2. The van der Waals surface area contributed by atoms with Gasteiger partial charge in [0.1, 0.15) is 6.61 Å². The Hall–Kier alpha value is -1.25. The zero-order valence-electron chi connectivity index (χ0n) is 19.7. The lowest BCUT2D eigenvalue weighted by molar-refractivity contribution is -0.133. The molecule has 0 aliphatic carbocycles. The first-order chi connectivity index (χ1) is 16.2. The van der Waals surface area contributed by atoms with E-state index in [1.165, 1.54) is 12.8 Å². The summed E-state index contributed by atoms with van der Waals surface area (Å²) in [7, 11) is 0. The second-order valence-corrected chi connectivity index (χ2v) is 7.41. The lowest BCUT2D eigenvalue weighted by Crippen LogP contribution is -2.33. The Morgan fingerprint density at radius 2 is 1.24 bits per heavy atom. The predicted molar refractivity (Wildman–Crippen MR) is 127 cm³/mol.